The van der Waals surface area contributed by atoms with Gasteiger partial charge in [0.25, 0.3) is 15.9 Å². The fraction of sp³-hybridized carbons (Fsp3) is 0.364. The van der Waals surface area contributed by atoms with Gasteiger partial charge in [-0.25, -0.2) is 13.1 Å². The number of nitrogens with zero attached hydrogens (tertiary/aromatic N) is 4. The normalized spacial score (nSPS) is 15.3. The van der Waals surface area contributed by atoms with Crippen molar-refractivity contribution in [3.05, 3.63) is 65.3 Å². The van der Waals surface area contributed by atoms with Crippen LogP contribution in [0.4, 0.5) is 0 Å². The number of sulfonamides is 1. The molecule has 10 heteroatoms. The largest absolute Gasteiger partial charge is 0.471 e. The minimum absolute atomic E-state index is 0.196. The number of aromatic nitrogens is 2. The topological polar surface area (TPSA) is 84.7 Å². The summed E-state index contributed by atoms with van der Waals surface area (Å²) in [6.45, 7) is 5.66. The third-order valence-corrected chi connectivity index (χ3v) is 8.66. The lowest BCUT2D eigenvalue weighted by atomic mass is 10.0. The van der Waals surface area contributed by atoms with Crippen molar-refractivity contribution in [2.45, 2.75) is 30.7 Å². The molecular formula is C22H26N4O4S2. The van der Waals surface area contributed by atoms with Crippen LogP contribution < -0.4 is 4.74 Å². The first-order valence-electron chi connectivity index (χ1n) is 10.4. The van der Waals surface area contributed by atoms with Crippen molar-refractivity contribution in [1.29, 1.82) is 0 Å². The van der Waals surface area contributed by atoms with Gasteiger partial charge in [0, 0.05) is 32.4 Å². The molecule has 2 aromatic heterocycles. The van der Waals surface area contributed by atoms with E-state index in [0.29, 0.717) is 28.9 Å². The molecule has 8 nitrogen and oxygen atoms in total. The zero-order valence-electron chi connectivity index (χ0n) is 18.0. The van der Waals surface area contributed by atoms with Gasteiger partial charge in [-0.3, -0.25) is 4.79 Å². The van der Waals surface area contributed by atoms with Crippen LogP contribution in [0, 0.1) is 0 Å². The van der Waals surface area contributed by atoms with E-state index in [-0.39, 0.29) is 25.7 Å². The molecule has 0 saturated carbocycles. The van der Waals surface area contributed by atoms with E-state index in [1.165, 1.54) is 21.2 Å². The van der Waals surface area contributed by atoms with Gasteiger partial charge in [0.1, 0.15) is 9.96 Å². The van der Waals surface area contributed by atoms with Gasteiger partial charge < -0.3 is 9.64 Å². The highest BCUT2D eigenvalue weighted by Gasteiger charge is 2.31. The Bertz CT molecular complexity index is 1150. The Morgan fingerprint density at radius 3 is 2.44 bits per heavy atom. The molecule has 1 amide bonds. The number of carbonyl (C=O) groups is 1. The highest BCUT2D eigenvalue weighted by atomic mass is 32.2. The molecule has 0 spiro atoms. The maximum atomic E-state index is 12.8. The van der Waals surface area contributed by atoms with Crippen LogP contribution in [0.15, 0.2) is 58.3 Å². The number of rotatable bonds is 7. The Labute approximate surface area is 192 Å². The molecular weight excluding hydrogens is 448 g/mol. The molecule has 0 bridgehead atoms. The van der Waals surface area contributed by atoms with E-state index in [9.17, 15) is 13.2 Å². The Morgan fingerprint density at radius 1 is 1.09 bits per heavy atom. The molecule has 0 radical (unpaired) electrons. The summed E-state index contributed by atoms with van der Waals surface area (Å²) in [6, 6.07) is 12.9. The van der Waals surface area contributed by atoms with Gasteiger partial charge in [-0.15, -0.1) is 11.3 Å². The second kappa shape index (κ2) is 9.43. The first-order valence-corrected chi connectivity index (χ1v) is 12.8. The molecule has 1 aliphatic rings. The average Bonchev–Trinajstić information content (AvgIpc) is 3.50. The second-order valence-electron chi connectivity index (χ2n) is 7.87. The van der Waals surface area contributed by atoms with Crippen LogP contribution in [0.2, 0.25) is 0 Å². The predicted molar refractivity (Wildman–Crippen MR) is 122 cm³/mol. The third kappa shape index (κ3) is 4.87. The van der Waals surface area contributed by atoms with Crippen LogP contribution in [0.25, 0.3) is 0 Å². The Hall–Kier alpha value is -2.69. The summed E-state index contributed by atoms with van der Waals surface area (Å²) in [5, 5.41) is 6.07. The van der Waals surface area contributed by atoms with Crippen molar-refractivity contribution < 1.29 is 17.9 Å². The number of carbonyl (C=O) groups excluding carboxylic acids is 1. The first-order chi connectivity index (χ1) is 15.3. The van der Waals surface area contributed by atoms with Crippen LogP contribution in [0.5, 0.6) is 5.75 Å². The summed E-state index contributed by atoms with van der Waals surface area (Å²) in [4.78, 5) is 14.5. The molecule has 1 saturated heterocycles. The zero-order chi connectivity index (χ0) is 22.7. The summed E-state index contributed by atoms with van der Waals surface area (Å²) < 4.78 is 34.4. The highest BCUT2D eigenvalue weighted by molar-refractivity contribution is 7.91. The molecule has 1 aromatic carbocycles. The van der Waals surface area contributed by atoms with Crippen molar-refractivity contribution in [3.63, 3.8) is 0 Å². The SMILES string of the molecule is CC(C)c1ccc(OCn2ccc(C(=O)N3CCN(S(=O)(=O)c4cccs4)CC3)n2)cc1. The van der Waals surface area contributed by atoms with Crippen molar-refractivity contribution in [2.24, 2.45) is 0 Å². The van der Waals surface area contributed by atoms with Gasteiger partial charge in [-0.05, 0) is 41.1 Å². The van der Waals surface area contributed by atoms with E-state index in [1.807, 2.05) is 24.3 Å². The van der Waals surface area contributed by atoms with Crippen LogP contribution >= 0.6 is 11.3 Å². The lowest BCUT2D eigenvalue weighted by molar-refractivity contribution is 0.0690. The van der Waals surface area contributed by atoms with E-state index >= 15 is 0 Å². The maximum Gasteiger partial charge on any atom is 0.274 e. The smallest absolute Gasteiger partial charge is 0.274 e. The number of hydrogen-bond acceptors (Lipinski definition) is 6. The molecule has 1 fully saturated rings. The van der Waals surface area contributed by atoms with E-state index in [2.05, 4.69) is 18.9 Å². The summed E-state index contributed by atoms with van der Waals surface area (Å²) in [5.74, 6) is 0.987. The quantitative estimate of drug-likeness (QED) is 0.525. The summed E-state index contributed by atoms with van der Waals surface area (Å²) in [6.07, 6.45) is 1.70. The molecule has 0 unspecified atom stereocenters. The first kappa shape index (κ1) is 22.5. The molecule has 0 N–H and O–H groups in total. The Balaban J connectivity index is 1.31. The molecule has 3 heterocycles. The van der Waals surface area contributed by atoms with Crippen LogP contribution in [0.1, 0.15) is 35.8 Å². The number of benzene rings is 1. The lowest BCUT2D eigenvalue weighted by Crippen LogP contribution is -2.50. The lowest BCUT2D eigenvalue weighted by Gasteiger charge is -2.33. The van der Waals surface area contributed by atoms with Crippen LogP contribution in [-0.2, 0) is 16.8 Å². The van der Waals surface area contributed by atoms with E-state index in [4.69, 9.17) is 4.74 Å². The highest BCUT2D eigenvalue weighted by Crippen LogP contribution is 2.22. The summed E-state index contributed by atoms with van der Waals surface area (Å²) in [5.41, 5.74) is 1.56. The molecule has 0 aliphatic carbocycles. The predicted octanol–water partition coefficient (Wildman–Crippen LogP) is 3.25. The van der Waals surface area contributed by atoms with Gasteiger partial charge >= 0.3 is 0 Å². The average molecular weight is 475 g/mol. The zero-order valence-corrected chi connectivity index (χ0v) is 19.7. The van der Waals surface area contributed by atoms with E-state index in [1.54, 1.807) is 39.4 Å². The number of hydrogen-bond donors (Lipinski definition) is 0. The standard InChI is InChI=1S/C22H26N4O4S2/c1-17(2)18-5-7-19(8-6-18)30-16-25-10-9-20(23-25)22(27)24-11-13-26(14-12-24)32(28,29)21-4-3-15-31-21/h3-10,15,17H,11-14,16H2,1-2H3. The minimum Gasteiger partial charge on any atom is -0.471 e. The molecule has 170 valence electrons. The van der Waals surface area contributed by atoms with Gasteiger partial charge in [-0.2, -0.15) is 9.40 Å². The van der Waals surface area contributed by atoms with Gasteiger partial charge in [0.2, 0.25) is 0 Å². The second-order valence-corrected chi connectivity index (χ2v) is 11.0. The number of amides is 1. The number of ether oxygens (including phenoxy) is 1. The summed E-state index contributed by atoms with van der Waals surface area (Å²) in [7, 11) is -3.49. The molecule has 1 aliphatic heterocycles. The maximum absolute atomic E-state index is 12.8. The van der Waals surface area contributed by atoms with Gasteiger partial charge in [0.05, 0.1) is 0 Å². The molecule has 0 atom stereocenters. The van der Waals surface area contributed by atoms with E-state index in [0.717, 1.165) is 5.75 Å². The monoisotopic (exact) mass is 474 g/mol. The van der Waals surface area contributed by atoms with Crippen LogP contribution in [0.3, 0.4) is 0 Å². The number of piperazine rings is 1. The molecule has 3 aromatic rings. The molecule has 4 rings (SSSR count). The van der Waals surface area contributed by atoms with Crippen molar-refractivity contribution in [3.8, 4) is 5.75 Å². The van der Waals surface area contributed by atoms with Gasteiger partial charge in [-0.1, -0.05) is 32.0 Å². The Kier molecular flexibility index (Phi) is 6.63. The van der Waals surface area contributed by atoms with Crippen LogP contribution in [-0.4, -0.2) is 59.5 Å². The third-order valence-electron chi connectivity index (χ3n) is 5.39. The Morgan fingerprint density at radius 2 is 1.81 bits per heavy atom. The van der Waals surface area contributed by atoms with Crippen molar-refractivity contribution in [2.75, 3.05) is 26.2 Å². The molecule has 32 heavy (non-hydrogen) atoms. The fourth-order valence-electron chi connectivity index (χ4n) is 3.47. The van der Waals surface area contributed by atoms with Crippen molar-refractivity contribution in [1.82, 2.24) is 19.0 Å². The fourth-order valence-corrected chi connectivity index (χ4v) is 6.04. The minimum atomic E-state index is -3.49. The van der Waals surface area contributed by atoms with E-state index < -0.39 is 10.0 Å². The van der Waals surface area contributed by atoms with Crippen molar-refractivity contribution >= 4 is 27.3 Å². The summed E-state index contributed by atoms with van der Waals surface area (Å²) >= 11 is 1.20. The number of thiophene rings is 1. The van der Waals surface area contributed by atoms with Gasteiger partial charge in [0.15, 0.2) is 12.4 Å².